The molecule has 4 aromatic rings. The topological polar surface area (TPSA) is 56.1 Å². The summed E-state index contributed by atoms with van der Waals surface area (Å²) in [6.07, 6.45) is 3.59. The number of hydrogen-bond donors (Lipinski definition) is 0. The summed E-state index contributed by atoms with van der Waals surface area (Å²) in [5.41, 5.74) is 2.46. The fraction of sp³-hybridized carbons (Fsp3) is 0.231. The van der Waals surface area contributed by atoms with Crippen molar-refractivity contribution in [3.8, 4) is 5.75 Å². The molecule has 2 heterocycles. The van der Waals surface area contributed by atoms with Crippen LogP contribution in [0.5, 0.6) is 5.75 Å². The Balaban J connectivity index is 1.53. The van der Waals surface area contributed by atoms with E-state index in [0.29, 0.717) is 35.8 Å². The van der Waals surface area contributed by atoms with Crippen LogP contribution in [0, 0.1) is 5.82 Å². The van der Waals surface area contributed by atoms with Crippen LogP contribution in [0.1, 0.15) is 28.5 Å². The molecule has 7 heteroatoms. The molecule has 0 aliphatic heterocycles. The van der Waals surface area contributed by atoms with Gasteiger partial charge in [0.25, 0.3) is 5.91 Å². The molecule has 0 bridgehead atoms. The van der Waals surface area contributed by atoms with E-state index in [4.69, 9.17) is 9.47 Å². The van der Waals surface area contributed by atoms with Crippen LogP contribution in [-0.2, 0) is 17.9 Å². The zero-order valence-corrected chi connectivity index (χ0v) is 18.6. The van der Waals surface area contributed by atoms with Crippen LogP contribution in [0.15, 0.2) is 79.1 Å². The number of halogens is 1. The van der Waals surface area contributed by atoms with Crippen molar-refractivity contribution in [1.82, 2.24) is 14.3 Å². The number of aromatic nitrogens is 2. The van der Waals surface area contributed by atoms with Gasteiger partial charge in [0, 0.05) is 31.6 Å². The predicted octanol–water partition coefficient (Wildman–Crippen LogP) is 4.73. The number of hydrogen-bond acceptors (Lipinski definition) is 4. The Morgan fingerprint density at radius 1 is 1.12 bits per heavy atom. The van der Waals surface area contributed by atoms with Gasteiger partial charge in [-0.3, -0.25) is 4.79 Å². The number of carbonyl (C=O) groups is 1. The Bertz CT molecular complexity index is 1210. The predicted molar refractivity (Wildman–Crippen MR) is 124 cm³/mol. The van der Waals surface area contributed by atoms with E-state index in [0.717, 1.165) is 5.56 Å². The molecule has 0 fully saturated rings. The molecule has 2 aromatic carbocycles. The van der Waals surface area contributed by atoms with Gasteiger partial charge in [0.05, 0.1) is 12.6 Å². The maximum atomic E-state index is 13.9. The van der Waals surface area contributed by atoms with E-state index in [9.17, 15) is 9.18 Å². The van der Waals surface area contributed by atoms with Gasteiger partial charge in [-0.1, -0.05) is 36.4 Å². The lowest BCUT2D eigenvalue weighted by molar-refractivity contribution is 0.0537. The minimum absolute atomic E-state index is 0.125. The van der Waals surface area contributed by atoms with E-state index in [1.54, 1.807) is 36.4 Å². The van der Waals surface area contributed by atoms with E-state index in [1.165, 1.54) is 6.07 Å². The number of ether oxygens (including phenoxy) is 2. The smallest absolute Gasteiger partial charge is 0.274 e. The summed E-state index contributed by atoms with van der Waals surface area (Å²) < 4.78 is 26.8. The average molecular weight is 448 g/mol. The molecule has 1 atom stereocenters. The summed E-state index contributed by atoms with van der Waals surface area (Å²) in [5.74, 6) is 0.127. The first-order valence-corrected chi connectivity index (χ1v) is 10.7. The Kier molecular flexibility index (Phi) is 7.00. The molecule has 1 amide bonds. The van der Waals surface area contributed by atoms with Crippen molar-refractivity contribution in [2.24, 2.45) is 0 Å². The first-order chi connectivity index (χ1) is 16.0. The Hall–Kier alpha value is -3.71. The van der Waals surface area contributed by atoms with Gasteiger partial charge >= 0.3 is 0 Å². The second kappa shape index (κ2) is 10.3. The van der Waals surface area contributed by atoms with E-state index in [2.05, 4.69) is 4.98 Å². The van der Waals surface area contributed by atoms with Crippen molar-refractivity contribution in [2.75, 3.05) is 13.7 Å². The molecule has 33 heavy (non-hydrogen) atoms. The van der Waals surface area contributed by atoms with E-state index in [-0.39, 0.29) is 24.4 Å². The third kappa shape index (κ3) is 5.38. The lowest BCUT2D eigenvalue weighted by atomic mass is 10.1. The highest BCUT2D eigenvalue weighted by Gasteiger charge is 2.24. The fourth-order valence-electron chi connectivity index (χ4n) is 3.65. The van der Waals surface area contributed by atoms with Crippen LogP contribution in [0.2, 0.25) is 0 Å². The molecule has 0 saturated carbocycles. The van der Waals surface area contributed by atoms with Crippen molar-refractivity contribution >= 4 is 11.6 Å². The van der Waals surface area contributed by atoms with Gasteiger partial charge in [-0.2, -0.15) is 0 Å². The van der Waals surface area contributed by atoms with Crippen LogP contribution < -0.4 is 4.74 Å². The minimum Gasteiger partial charge on any atom is -0.489 e. The maximum absolute atomic E-state index is 13.9. The van der Waals surface area contributed by atoms with Crippen LogP contribution in [0.4, 0.5) is 4.39 Å². The van der Waals surface area contributed by atoms with Gasteiger partial charge in [-0.05, 0) is 42.8 Å². The van der Waals surface area contributed by atoms with E-state index < -0.39 is 0 Å². The molecule has 0 radical (unpaired) electrons. The molecule has 6 nitrogen and oxygen atoms in total. The number of imidazole rings is 1. The SMILES string of the molecule is COC[C@@H](C)N(Cc1cccc(OCc2ccccc2F)c1)C(=O)c1cn2ccccc2n1. The van der Waals surface area contributed by atoms with E-state index in [1.807, 2.05) is 60.0 Å². The summed E-state index contributed by atoms with van der Waals surface area (Å²) in [6.45, 7) is 2.81. The van der Waals surface area contributed by atoms with Crippen LogP contribution in [0.25, 0.3) is 5.65 Å². The first-order valence-electron chi connectivity index (χ1n) is 10.7. The van der Waals surface area contributed by atoms with Crippen LogP contribution in [-0.4, -0.2) is 40.0 Å². The van der Waals surface area contributed by atoms with Crippen molar-refractivity contribution in [2.45, 2.75) is 26.1 Å². The fourth-order valence-corrected chi connectivity index (χ4v) is 3.65. The standard InChI is InChI=1S/C26H26FN3O3/c1-19(17-32-2)30(26(31)24-16-29-13-6-5-12-25(29)28-24)15-20-8-7-10-22(14-20)33-18-21-9-3-4-11-23(21)27/h3-14,16,19H,15,17-18H2,1-2H3/t19-/m1/s1. The molecule has 0 saturated heterocycles. The van der Waals surface area contributed by atoms with Crippen molar-refractivity contribution in [1.29, 1.82) is 0 Å². The molecular formula is C26H26FN3O3. The van der Waals surface area contributed by atoms with Crippen molar-refractivity contribution in [3.63, 3.8) is 0 Å². The summed E-state index contributed by atoms with van der Waals surface area (Å²) >= 11 is 0. The van der Waals surface area contributed by atoms with Gasteiger partial charge in [-0.15, -0.1) is 0 Å². The Morgan fingerprint density at radius 3 is 2.73 bits per heavy atom. The summed E-state index contributed by atoms with van der Waals surface area (Å²) in [7, 11) is 1.61. The second-order valence-electron chi connectivity index (χ2n) is 7.86. The summed E-state index contributed by atoms with van der Waals surface area (Å²) in [4.78, 5) is 19.6. The van der Waals surface area contributed by atoms with Crippen molar-refractivity contribution < 1.29 is 18.7 Å². The largest absolute Gasteiger partial charge is 0.489 e. The quantitative estimate of drug-likeness (QED) is 0.372. The maximum Gasteiger partial charge on any atom is 0.274 e. The zero-order valence-electron chi connectivity index (χ0n) is 18.6. The van der Waals surface area contributed by atoms with Gasteiger partial charge in [0.2, 0.25) is 0 Å². The molecular weight excluding hydrogens is 421 g/mol. The molecule has 0 unspecified atom stereocenters. The van der Waals surface area contributed by atoms with E-state index >= 15 is 0 Å². The normalized spacial score (nSPS) is 12.0. The summed E-state index contributed by atoms with van der Waals surface area (Å²) in [6, 6.07) is 19.5. The number of pyridine rings is 1. The molecule has 0 aliphatic rings. The van der Waals surface area contributed by atoms with Crippen LogP contribution >= 0.6 is 0 Å². The molecule has 0 spiro atoms. The third-order valence-electron chi connectivity index (χ3n) is 5.39. The number of fused-ring (bicyclic) bond motifs is 1. The molecule has 170 valence electrons. The number of rotatable bonds is 9. The zero-order chi connectivity index (χ0) is 23.2. The van der Waals surface area contributed by atoms with Gasteiger partial charge in [0.1, 0.15) is 29.5 Å². The lowest BCUT2D eigenvalue weighted by Gasteiger charge is -2.28. The highest BCUT2D eigenvalue weighted by Crippen LogP contribution is 2.20. The van der Waals surface area contributed by atoms with Crippen molar-refractivity contribution in [3.05, 3.63) is 102 Å². The molecule has 4 rings (SSSR count). The highest BCUT2D eigenvalue weighted by atomic mass is 19.1. The molecule has 2 aromatic heterocycles. The van der Waals surface area contributed by atoms with Gasteiger partial charge < -0.3 is 18.8 Å². The van der Waals surface area contributed by atoms with Crippen LogP contribution in [0.3, 0.4) is 0 Å². The third-order valence-corrected chi connectivity index (χ3v) is 5.39. The van der Waals surface area contributed by atoms with Gasteiger partial charge in [0.15, 0.2) is 0 Å². The second-order valence-corrected chi connectivity index (χ2v) is 7.86. The average Bonchev–Trinajstić information content (AvgIpc) is 3.26. The Morgan fingerprint density at radius 2 is 1.94 bits per heavy atom. The molecule has 0 aliphatic carbocycles. The number of methoxy groups -OCH3 is 1. The Labute approximate surface area is 192 Å². The monoisotopic (exact) mass is 447 g/mol. The number of amides is 1. The first kappa shape index (κ1) is 22.5. The van der Waals surface area contributed by atoms with Gasteiger partial charge in [-0.25, -0.2) is 9.37 Å². The number of nitrogens with zero attached hydrogens (tertiary/aromatic N) is 3. The number of carbonyl (C=O) groups excluding carboxylic acids is 1. The summed E-state index contributed by atoms with van der Waals surface area (Å²) in [5, 5.41) is 0. The minimum atomic E-state index is -0.300. The lowest BCUT2D eigenvalue weighted by Crippen LogP contribution is -2.40. The highest BCUT2D eigenvalue weighted by molar-refractivity contribution is 5.93. The number of benzene rings is 2. The molecule has 0 N–H and O–H groups in total.